The highest BCUT2D eigenvalue weighted by Crippen LogP contribution is 2.32. The Bertz CT molecular complexity index is 849. The molecule has 1 N–H and O–H groups in total. The predicted octanol–water partition coefficient (Wildman–Crippen LogP) is 1.56. The number of aryl methyl sites for hydroxylation is 1. The molecule has 2 aliphatic rings. The molecule has 1 amide bonds. The van der Waals surface area contributed by atoms with E-state index in [2.05, 4.69) is 32.1 Å². The zero-order valence-corrected chi connectivity index (χ0v) is 15.6. The summed E-state index contributed by atoms with van der Waals surface area (Å²) in [4.78, 5) is 26.1. The maximum absolute atomic E-state index is 12.7. The van der Waals surface area contributed by atoms with Crippen LogP contribution >= 0.6 is 0 Å². The number of ether oxygens (including phenoxy) is 2. The van der Waals surface area contributed by atoms with Gasteiger partial charge in [-0.1, -0.05) is 0 Å². The van der Waals surface area contributed by atoms with E-state index in [1.165, 1.54) is 0 Å². The maximum Gasteiger partial charge on any atom is 0.274 e. The van der Waals surface area contributed by atoms with Crippen LogP contribution in [0.25, 0.3) is 0 Å². The number of nitrogens with one attached hydrogen (secondary N) is 1. The number of hydrogen-bond donors (Lipinski definition) is 1. The minimum Gasteiger partial charge on any atom is -0.486 e. The van der Waals surface area contributed by atoms with Gasteiger partial charge in [-0.15, -0.1) is 0 Å². The van der Waals surface area contributed by atoms with Crippen molar-refractivity contribution in [3.05, 3.63) is 35.7 Å². The molecule has 0 atom stereocenters. The molecule has 8 nitrogen and oxygen atoms in total. The molecule has 1 fully saturated rings. The third-order valence-electron chi connectivity index (χ3n) is 4.66. The van der Waals surface area contributed by atoms with E-state index >= 15 is 0 Å². The highest BCUT2D eigenvalue weighted by molar-refractivity contribution is 6.03. The monoisotopic (exact) mass is 369 g/mol. The molecular formula is C19H23N5O3. The molecule has 27 heavy (non-hydrogen) atoms. The van der Waals surface area contributed by atoms with E-state index in [4.69, 9.17) is 9.47 Å². The van der Waals surface area contributed by atoms with Gasteiger partial charge in [0.05, 0.1) is 0 Å². The van der Waals surface area contributed by atoms with Gasteiger partial charge in [0, 0.05) is 43.6 Å². The van der Waals surface area contributed by atoms with E-state index in [0.29, 0.717) is 42.0 Å². The Hall–Kier alpha value is -2.87. The molecule has 1 aromatic heterocycles. The fourth-order valence-electron chi connectivity index (χ4n) is 3.13. The SMILES string of the molecule is Cc1cc(C(=O)Nc2ccc3c(c2)OCCO3)nc(N2CCN(C)CC2)n1. The average Bonchev–Trinajstić information content (AvgIpc) is 2.68. The second kappa shape index (κ2) is 7.40. The van der Waals surface area contributed by atoms with Crippen LogP contribution < -0.4 is 19.7 Å². The first-order valence-corrected chi connectivity index (χ1v) is 9.09. The number of nitrogens with zero attached hydrogens (tertiary/aromatic N) is 4. The lowest BCUT2D eigenvalue weighted by Crippen LogP contribution is -2.45. The first kappa shape index (κ1) is 17.5. The molecule has 3 heterocycles. The highest BCUT2D eigenvalue weighted by Gasteiger charge is 2.19. The van der Waals surface area contributed by atoms with Crippen LogP contribution in [0.4, 0.5) is 11.6 Å². The molecule has 0 bridgehead atoms. The summed E-state index contributed by atoms with van der Waals surface area (Å²) in [6.45, 7) is 6.53. The van der Waals surface area contributed by atoms with Crippen molar-refractivity contribution in [2.75, 3.05) is 56.7 Å². The Labute approximate surface area is 158 Å². The molecular weight excluding hydrogens is 346 g/mol. The van der Waals surface area contributed by atoms with Crippen LogP contribution in [0.5, 0.6) is 11.5 Å². The summed E-state index contributed by atoms with van der Waals surface area (Å²) < 4.78 is 11.1. The number of rotatable bonds is 3. The topological polar surface area (TPSA) is 79.8 Å². The lowest BCUT2D eigenvalue weighted by atomic mass is 10.2. The summed E-state index contributed by atoms with van der Waals surface area (Å²) in [5.41, 5.74) is 1.76. The van der Waals surface area contributed by atoms with E-state index in [9.17, 15) is 4.79 Å². The third kappa shape index (κ3) is 3.95. The summed E-state index contributed by atoms with van der Waals surface area (Å²) in [6.07, 6.45) is 0. The number of carbonyl (C=O) groups excluding carboxylic acids is 1. The number of fused-ring (bicyclic) bond motifs is 1. The highest BCUT2D eigenvalue weighted by atomic mass is 16.6. The van der Waals surface area contributed by atoms with E-state index in [-0.39, 0.29) is 5.91 Å². The zero-order chi connectivity index (χ0) is 18.8. The van der Waals surface area contributed by atoms with Gasteiger partial charge in [-0.2, -0.15) is 0 Å². The van der Waals surface area contributed by atoms with E-state index in [0.717, 1.165) is 31.9 Å². The van der Waals surface area contributed by atoms with Crippen molar-refractivity contribution >= 4 is 17.5 Å². The average molecular weight is 369 g/mol. The van der Waals surface area contributed by atoms with Crippen molar-refractivity contribution in [3.63, 3.8) is 0 Å². The van der Waals surface area contributed by atoms with Gasteiger partial charge in [-0.25, -0.2) is 9.97 Å². The number of hydrogen-bond acceptors (Lipinski definition) is 7. The summed E-state index contributed by atoms with van der Waals surface area (Å²) >= 11 is 0. The van der Waals surface area contributed by atoms with Crippen molar-refractivity contribution in [2.45, 2.75) is 6.92 Å². The molecule has 4 rings (SSSR count). The smallest absolute Gasteiger partial charge is 0.274 e. The Kier molecular flexibility index (Phi) is 4.81. The summed E-state index contributed by atoms with van der Waals surface area (Å²) in [5.74, 6) is 1.66. The summed E-state index contributed by atoms with van der Waals surface area (Å²) in [7, 11) is 2.10. The Morgan fingerprint density at radius 1 is 1.04 bits per heavy atom. The Morgan fingerprint density at radius 2 is 1.78 bits per heavy atom. The fourth-order valence-corrected chi connectivity index (χ4v) is 3.13. The summed E-state index contributed by atoms with van der Waals surface area (Å²) in [5, 5.41) is 2.88. The van der Waals surface area contributed by atoms with Gasteiger partial charge in [-0.3, -0.25) is 4.79 Å². The Balaban J connectivity index is 1.51. The van der Waals surface area contributed by atoms with Gasteiger partial charge < -0.3 is 24.6 Å². The number of benzene rings is 1. The van der Waals surface area contributed by atoms with Gasteiger partial charge in [-0.05, 0) is 32.2 Å². The molecule has 1 aromatic carbocycles. The van der Waals surface area contributed by atoms with Crippen LogP contribution in [0.15, 0.2) is 24.3 Å². The number of amides is 1. The normalized spacial score (nSPS) is 16.9. The fraction of sp³-hybridized carbons (Fsp3) is 0.421. The van der Waals surface area contributed by atoms with E-state index in [1.54, 1.807) is 24.3 Å². The van der Waals surface area contributed by atoms with Crippen LogP contribution in [0.3, 0.4) is 0 Å². The number of likely N-dealkylation sites (N-methyl/N-ethyl adjacent to an activating group) is 1. The first-order valence-electron chi connectivity index (χ1n) is 9.09. The van der Waals surface area contributed by atoms with Crippen LogP contribution in [-0.2, 0) is 0 Å². The molecule has 0 spiro atoms. The van der Waals surface area contributed by atoms with Crippen LogP contribution in [0, 0.1) is 6.92 Å². The number of anilines is 2. The predicted molar refractivity (Wildman–Crippen MR) is 102 cm³/mol. The second-order valence-corrected chi connectivity index (χ2v) is 6.80. The van der Waals surface area contributed by atoms with E-state index in [1.807, 2.05) is 6.92 Å². The second-order valence-electron chi connectivity index (χ2n) is 6.80. The van der Waals surface area contributed by atoms with Gasteiger partial charge in [0.1, 0.15) is 18.9 Å². The number of piperazine rings is 1. The van der Waals surface area contributed by atoms with E-state index < -0.39 is 0 Å². The molecule has 0 aliphatic carbocycles. The minimum absolute atomic E-state index is 0.271. The van der Waals surface area contributed by atoms with Gasteiger partial charge in [0.25, 0.3) is 5.91 Å². The number of aromatic nitrogens is 2. The van der Waals surface area contributed by atoms with Crippen molar-refractivity contribution in [1.82, 2.24) is 14.9 Å². The maximum atomic E-state index is 12.7. The molecule has 142 valence electrons. The van der Waals surface area contributed by atoms with Crippen molar-refractivity contribution in [1.29, 1.82) is 0 Å². The standard InChI is InChI=1S/C19H23N5O3/c1-13-11-15(22-19(20-13)24-7-5-23(2)6-8-24)18(25)21-14-3-4-16-17(12-14)27-10-9-26-16/h3-4,11-12H,5-10H2,1-2H3,(H,21,25). The van der Waals surface area contributed by atoms with Gasteiger partial charge in [0.15, 0.2) is 11.5 Å². The lowest BCUT2D eigenvalue weighted by molar-refractivity contribution is 0.102. The molecule has 0 saturated carbocycles. The van der Waals surface area contributed by atoms with Gasteiger partial charge in [0.2, 0.25) is 5.95 Å². The van der Waals surface area contributed by atoms with Crippen molar-refractivity contribution < 1.29 is 14.3 Å². The molecule has 8 heteroatoms. The minimum atomic E-state index is -0.271. The van der Waals surface area contributed by atoms with Crippen LogP contribution in [0.2, 0.25) is 0 Å². The lowest BCUT2D eigenvalue weighted by Gasteiger charge is -2.32. The Morgan fingerprint density at radius 3 is 2.56 bits per heavy atom. The molecule has 2 aliphatic heterocycles. The van der Waals surface area contributed by atoms with Crippen molar-refractivity contribution in [3.8, 4) is 11.5 Å². The van der Waals surface area contributed by atoms with Crippen LogP contribution in [0.1, 0.15) is 16.2 Å². The quantitative estimate of drug-likeness (QED) is 0.879. The third-order valence-corrected chi connectivity index (χ3v) is 4.66. The van der Waals surface area contributed by atoms with Gasteiger partial charge >= 0.3 is 0 Å². The number of carbonyl (C=O) groups is 1. The zero-order valence-electron chi connectivity index (χ0n) is 15.6. The molecule has 0 unspecified atom stereocenters. The summed E-state index contributed by atoms with van der Waals surface area (Å²) in [6, 6.07) is 7.06. The van der Waals surface area contributed by atoms with Crippen LogP contribution in [-0.4, -0.2) is 67.2 Å². The van der Waals surface area contributed by atoms with Crippen molar-refractivity contribution in [2.24, 2.45) is 0 Å². The first-order chi connectivity index (χ1) is 13.1. The molecule has 0 radical (unpaired) electrons. The molecule has 2 aromatic rings. The largest absolute Gasteiger partial charge is 0.486 e. The molecule has 1 saturated heterocycles.